The van der Waals surface area contributed by atoms with Gasteiger partial charge in [-0.3, -0.25) is 4.57 Å². The van der Waals surface area contributed by atoms with Gasteiger partial charge in [-0.05, 0) is 11.6 Å². The molecule has 9 heteroatoms. The van der Waals surface area contributed by atoms with Crippen LogP contribution in [0.4, 0.5) is 0 Å². The maximum atomic E-state index is 11.2. The lowest BCUT2D eigenvalue weighted by atomic mass is 10.1. The Kier molecular flexibility index (Phi) is 6.17. The maximum Gasteiger partial charge on any atom is 0.329 e. The molecule has 0 atom stereocenters. The minimum Gasteiger partial charge on any atom is -0.493 e. The third-order valence-electron chi connectivity index (χ3n) is 4.10. The quantitative estimate of drug-likeness (QED) is 0.424. The van der Waals surface area contributed by atoms with Crippen LogP contribution in [0.15, 0.2) is 49.1 Å². The molecule has 0 bridgehead atoms. The van der Waals surface area contributed by atoms with E-state index < -0.39 is 7.60 Å². The Morgan fingerprint density at radius 2 is 1.72 bits per heavy atom. The van der Waals surface area contributed by atoms with Crippen molar-refractivity contribution in [2.75, 3.05) is 20.8 Å². The van der Waals surface area contributed by atoms with Crippen molar-refractivity contribution in [3.05, 3.63) is 54.6 Å². The molecule has 2 N–H and O–H groups in total. The monoisotopic (exact) mass is 416 g/mol. The molecule has 8 nitrogen and oxygen atoms in total. The summed E-state index contributed by atoms with van der Waals surface area (Å²) >= 11 is 0. The predicted octanol–water partition coefficient (Wildman–Crippen LogP) is 3.56. The first-order chi connectivity index (χ1) is 13.8. The van der Waals surface area contributed by atoms with E-state index in [1.165, 1.54) is 0 Å². The van der Waals surface area contributed by atoms with Crippen LogP contribution in [-0.4, -0.2) is 40.6 Å². The highest BCUT2D eigenvalue weighted by atomic mass is 31.2. The summed E-state index contributed by atoms with van der Waals surface area (Å²) in [6.07, 6.45) is 1.29. The smallest absolute Gasteiger partial charge is 0.329 e. The molecule has 0 unspecified atom stereocenters. The molecular formula is C20H21N2O6P. The van der Waals surface area contributed by atoms with Crippen LogP contribution in [-0.2, 0) is 10.7 Å². The minimum absolute atomic E-state index is 0.265. The second kappa shape index (κ2) is 8.61. The van der Waals surface area contributed by atoms with Crippen molar-refractivity contribution in [2.45, 2.75) is 6.16 Å². The van der Waals surface area contributed by atoms with E-state index in [4.69, 9.17) is 24.0 Å². The molecule has 1 aromatic heterocycles. The predicted molar refractivity (Wildman–Crippen MR) is 110 cm³/mol. The minimum atomic E-state index is -4.13. The standard InChI is InChI=1S/C20H21N2O6P/c1-4-9-28-20-15-10-17(26-2)18(27-3)11-16(15)21-19(22-20)14-7-5-13(6-8-14)12-29(23,24)25/h4-8,10-11H,1,9,12H2,2-3H3,(H2,23,24,25). The molecule has 0 aliphatic heterocycles. The summed E-state index contributed by atoms with van der Waals surface area (Å²) < 4.78 is 27.6. The molecule has 2 aromatic carbocycles. The van der Waals surface area contributed by atoms with E-state index in [1.54, 1.807) is 56.7 Å². The Morgan fingerprint density at radius 3 is 2.31 bits per heavy atom. The SMILES string of the molecule is C=CCOc1nc(-c2ccc(CP(=O)(O)O)cc2)nc2cc(OC)c(OC)cc12. The Bertz CT molecular complexity index is 1080. The van der Waals surface area contributed by atoms with Crippen LogP contribution in [0.5, 0.6) is 17.4 Å². The van der Waals surface area contributed by atoms with Crippen LogP contribution in [0, 0.1) is 0 Å². The van der Waals surface area contributed by atoms with Gasteiger partial charge in [0.1, 0.15) is 6.61 Å². The van der Waals surface area contributed by atoms with Gasteiger partial charge >= 0.3 is 7.60 Å². The fourth-order valence-corrected chi connectivity index (χ4v) is 3.49. The van der Waals surface area contributed by atoms with Crippen molar-refractivity contribution in [3.8, 4) is 28.8 Å². The van der Waals surface area contributed by atoms with Gasteiger partial charge in [0.25, 0.3) is 0 Å². The van der Waals surface area contributed by atoms with Crippen LogP contribution in [0.25, 0.3) is 22.3 Å². The first kappa shape index (κ1) is 20.8. The summed E-state index contributed by atoms with van der Waals surface area (Å²) in [5.74, 6) is 1.83. The summed E-state index contributed by atoms with van der Waals surface area (Å²) in [5, 5.41) is 0.659. The molecule has 29 heavy (non-hydrogen) atoms. The van der Waals surface area contributed by atoms with E-state index in [0.717, 1.165) is 0 Å². The average Bonchev–Trinajstić information content (AvgIpc) is 2.70. The highest BCUT2D eigenvalue weighted by molar-refractivity contribution is 7.50. The zero-order chi connectivity index (χ0) is 21.0. The number of benzene rings is 2. The van der Waals surface area contributed by atoms with Gasteiger partial charge in [0.15, 0.2) is 17.3 Å². The average molecular weight is 416 g/mol. The normalized spacial score (nSPS) is 11.3. The second-order valence-electron chi connectivity index (χ2n) is 6.20. The zero-order valence-corrected chi connectivity index (χ0v) is 16.9. The summed E-state index contributed by atoms with van der Waals surface area (Å²) in [6.45, 7) is 3.92. The topological polar surface area (TPSA) is 111 Å². The van der Waals surface area contributed by atoms with Crippen molar-refractivity contribution in [3.63, 3.8) is 0 Å². The van der Waals surface area contributed by atoms with E-state index in [-0.39, 0.29) is 12.8 Å². The zero-order valence-electron chi connectivity index (χ0n) is 16.0. The molecule has 0 spiro atoms. The van der Waals surface area contributed by atoms with Gasteiger partial charge in [-0.2, -0.15) is 4.98 Å². The largest absolute Gasteiger partial charge is 0.493 e. The molecule has 1 heterocycles. The van der Waals surface area contributed by atoms with Crippen LogP contribution in [0.2, 0.25) is 0 Å². The third-order valence-corrected chi connectivity index (χ3v) is 4.88. The number of ether oxygens (including phenoxy) is 3. The Morgan fingerprint density at radius 1 is 1.07 bits per heavy atom. The summed E-state index contributed by atoms with van der Waals surface area (Å²) in [4.78, 5) is 27.4. The van der Waals surface area contributed by atoms with Gasteiger partial charge in [-0.1, -0.05) is 36.9 Å². The summed E-state index contributed by atoms with van der Waals surface area (Å²) in [7, 11) is -1.04. The van der Waals surface area contributed by atoms with Crippen molar-refractivity contribution < 1.29 is 28.6 Å². The molecule has 0 saturated heterocycles. The molecule has 0 radical (unpaired) electrons. The molecule has 152 valence electrons. The highest BCUT2D eigenvalue weighted by Crippen LogP contribution is 2.39. The van der Waals surface area contributed by atoms with E-state index in [9.17, 15) is 4.57 Å². The van der Waals surface area contributed by atoms with Crippen molar-refractivity contribution in [2.24, 2.45) is 0 Å². The number of aromatic nitrogens is 2. The first-order valence-corrected chi connectivity index (χ1v) is 10.5. The van der Waals surface area contributed by atoms with Gasteiger partial charge in [0.05, 0.1) is 31.3 Å². The van der Waals surface area contributed by atoms with E-state index in [2.05, 4.69) is 16.5 Å². The van der Waals surface area contributed by atoms with E-state index in [1.807, 2.05) is 0 Å². The maximum absolute atomic E-state index is 11.2. The van der Waals surface area contributed by atoms with Gasteiger partial charge < -0.3 is 24.0 Å². The number of rotatable bonds is 8. The van der Waals surface area contributed by atoms with Gasteiger partial charge in [-0.25, -0.2) is 4.98 Å². The molecular weight excluding hydrogens is 395 g/mol. The van der Waals surface area contributed by atoms with Gasteiger partial charge in [0, 0.05) is 11.6 Å². The number of methoxy groups -OCH3 is 2. The lowest BCUT2D eigenvalue weighted by Gasteiger charge is -2.13. The number of nitrogens with zero attached hydrogens (tertiary/aromatic N) is 2. The van der Waals surface area contributed by atoms with Crippen molar-refractivity contribution in [1.29, 1.82) is 0 Å². The van der Waals surface area contributed by atoms with Crippen LogP contribution in [0.1, 0.15) is 5.56 Å². The van der Waals surface area contributed by atoms with E-state index in [0.29, 0.717) is 45.2 Å². The molecule has 0 aliphatic rings. The number of hydrogen-bond donors (Lipinski definition) is 2. The van der Waals surface area contributed by atoms with Crippen LogP contribution >= 0.6 is 7.60 Å². The summed E-state index contributed by atoms with van der Waals surface area (Å²) in [6, 6.07) is 10.2. The fraction of sp³-hybridized carbons (Fsp3) is 0.200. The lowest BCUT2D eigenvalue weighted by molar-refractivity contribution is 0.349. The Labute approximate surface area is 168 Å². The Hall–Kier alpha value is -2.93. The number of hydrogen-bond acceptors (Lipinski definition) is 6. The molecule has 3 rings (SSSR count). The third kappa shape index (κ3) is 4.92. The fourth-order valence-electron chi connectivity index (χ4n) is 2.80. The molecule has 0 fully saturated rings. The number of fused-ring (bicyclic) bond motifs is 1. The van der Waals surface area contributed by atoms with Gasteiger partial charge in [0.2, 0.25) is 5.88 Å². The van der Waals surface area contributed by atoms with Crippen LogP contribution in [0.3, 0.4) is 0 Å². The highest BCUT2D eigenvalue weighted by Gasteiger charge is 2.16. The second-order valence-corrected chi connectivity index (χ2v) is 7.84. The molecule has 0 aliphatic carbocycles. The molecule has 3 aromatic rings. The van der Waals surface area contributed by atoms with E-state index >= 15 is 0 Å². The summed E-state index contributed by atoms with van der Waals surface area (Å²) in [5.41, 5.74) is 1.81. The molecule has 0 saturated carbocycles. The van der Waals surface area contributed by atoms with Crippen molar-refractivity contribution >= 4 is 18.5 Å². The van der Waals surface area contributed by atoms with Gasteiger partial charge in [-0.15, -0.1) is 0 Å². The molecule has 0 amide bonds. The van der Waals surface area contributed by atoms with Crippen molar-refractivity contribution in [1.82, 2.24) is 9.97 Å². The lowest BCUT2D eigenvalue weighted by Crippen LogP contribution is -2.01. The first-order valence-electron chi connectivity index (χ1n) is 8.66. The Balaban J connectivity index is 2.10. The van der Waals surface area contributed by atoms with Crippen LogP contribution < -0.4 is 14.2 Å².